The number of carbonyl (C=O) groups is 4. The van der Waals surface area contributed by atoms with E-state index in [1.165, 1.54) is 4.90 Å². The van der Waals surface area contributed by atoms with Crippen LogP contribution in [0.3, 0.4) is 0 Å². The number of hydrogen-bond acceptors (Lipinski definition) is 5. The van der Waals surface area contributed by atoms with Gasteiger partial charge in [0.05, 0.1) is 11.1 Å². The monoisotopic (exact) mass is 420 g/mol. The largest absolute Gasteiger partial charge is 0.454 e. The zero-order chi connectivity index (χ0) is 22.5. The highest BCUT2D eigenvalue weighted by atomic mass is 16.5. The molecule has 1 atom stereocenters. The molecule has 160 valence electrons. The number of fused-ring (bicyclic) bond motifs is 1. The highest BCUT2D eigenvalue weighted by Gasteiger charge is 2.44. The Bertz CT molecular complexity index is 981. The van der Waals surface area contributed by atoms with Gasteiger partial charge in [-0.1, -0.05) is 50.3 Å². The molecule has 0 aromatic heterocycles. The van der Waals surface area contributed by atoms with E-state index in [-0.39, 0.29) is 17.7 Å². The topological polar surface area (TPSA) is 84.0 Å². The zero-order valence-corrected chi connectivity index (χ0v) is 17.5. The average Bonchev–Trinajstić information content (AvgIpc) is 3.02. The molecule has 2 aromatic carbocycles. The molecule has 31 heavy (non-hydrogen) atoms. The van der Waals surface area contributed by atoms with E-state index in [0.29, 0.717) is 5.69 Å². The SMILES string of the molecule is C=CCN(C(=O)COC(=O)[C@H](C(C)C)N1C(=O)c2ccccc2C1=O)c1ccccc1. The van der Waals surface area contributed by atoms with Crippen molar-refractivity contribution in [2.24, 2.45) is 5.92 Å². The van der Waals surface area contributed by atoms with Crippen molar-refractivity contribution in [2.45, 2.75) is 19.9 Å². The van der Waals surface area contributed by atoms with E-state index in [0.717, 1.165) is 4.90 Å². The Balaban J connectivity index is 1.75. The number of esters is 1. The molecular formula is C24H24N2O5. The third-order valence-electron chi connectivity index (χ3n) is 5.00. The van der Waals surface area contributed by atoms with Crippen molar-refractivity contribution in [2.75, 3.05) is 18.1 Å². The van der Waals surface area contributed by atoms with Crippen molar-refractivity contribution >= 4 is 29.4 Å². The highest BCUT2D eigenvalue weighted by Crippen LogP contribution is 2.27. The quantitative estimate of drug-likeness (QED) is 0.372. The first-order valence-electron chi connectivity index (χ1n) is 9.96. The maximum atomic E-state index is 12.9. The van der Waals surface area contributed by atoms with Crippen LogP contribution in [0.5, 0.6) is 0 Å². The van der Waals surface area contributed by atoms with Crippen LogP contribution in [0.25, 0.3) is 0 Å². The number of para-hydroxylation sites is 1. The van der Waals surface area contributed by atoms with E-state index in [4.69, 9.17) is 4.74 Å². The van der Waals surface area contributed by atoms with Crippen molar-refractivity contribution in [3.05, 3.63) is 78.4 Å². The molecule has 0 saturated heterocycles. The summed E-state index contributed by atoms with van der Waals surface area (Å²) in [6.07, 6.45) is 1.57. The Morgan fingerprint density at radius 1 is 1.00 bits per heavy atom. The van der Waals surface area contributed by atoms with Gasteiger partial charge in [-0.25, -0.2) is 4.79 Å². The normalized spacial score (nSPS) is 13.7. The molecule has 7 nitrogen and oxygen atoms in total. The van der Waals surface area contributed by atoms with Crippen LogP contribution in [0.2, 0.25) is 0 Å². The number of amides is 3. The first-order valence-corrected chi connectivity index (χ1v) is 9.96. The summed E-state index contributed by atoms with van der Waals surface area (Å²) in [6.45, 7) is 6.81. The van der Waals surface area contributed by atoms with E-state index < -0.39 is 42.3 Å². The van der Waals surface area contributed by atoms with Crippen molar-refractivity contribution in [3.8, 4) is 0 Å². The number of anilines is 1. The minimum atomic E-state index is -1.13. The Kier molecular flexibility index (Phi) is 6.65. The fraction of sp³-hybridized carbons (Fsp3) is 0.250. The van der Waals surface area contributed by atoms with Crippen LogP contribution in [0.4, 0.5) is 5.69 Å². The third-order valence-corrected chi connectivity index (χ3v) is 5.00. The van der Waals surface area contributed by atoms with E-state index in [1.807, 2.05) is 6.07 Å². The van der Waals surface area contributed by atoms with Crippen LogP contribution in [0.1, 0.15) is 34.6 Å². The molecule has 0 fully saturated rings. The smallest absolute Gasteiger partial charge is 0.330 e. The summed E-state index contributed by atoms with van der Waals surface area (Å²) in [4.78, 5) is 53.5. The van der Waals surface area contributed by atoms with Crippen LogP contribution in [-0.4, -0.2) is 47.8 Å². The second kappa shape index (κ2) is 9.38. The predicted octanol–water partition coefficient (Wildman–Crippen LogP) is 3.07. The van der Waals surface area contributed by atoms with Gasteiger partial charge in [-0.2, -0.15) is 0 Å². The maximum Gasteiger partial charge on any atom is 0.330 e. The first-order chi connectivity index (χ1) is 14.9. The fourth-order valence-electron chi connectivity index (χ4n) is 3.52. The number of rotatable bonds is 8. The van der Waals surface area contributed by atoms with Gasteiger partial charge in [0.1, 0.15) is 6.04 Å². The van der Waals surface area contributed by atoms with Gasteiger partial charge in [-0.05, 0) is 30.2 Å². The number of hydrogen-bond donors (Lipinski definition) is 0. The summed E-state index contributed by atoms with van der Waals surface area (Å²) in [5.41, 5.74) is 1.15. The molecule has 0 aliphatic carbocycles. The molecular weight excluding hydrogens is 396 g/mol. The standard InChI is InChI=1S/C24H24N2O5/c1-4-14-25(17-10-6-5-7-11-17)20(27)15-31-24(30)21(16(2)3)26-22(28)18-12-8-9-13-19(18)23(26)29/h4-13,16,21H,1,14-15H2,2-3H3/t21-/m0/s1. The third kappa shape index (κ3) is 4.40. The second-order valence-electron chi connectivity index (χ2n) is 7.45. The van der Waals surface area contributed by atoms with Gasteiger partial charge in [-0.15, -0.1) is 6.58 Å². The lowest BCUT2D eigenvalue weighted by Crippen LogP contribution is -2.49. The molecule has 1 aliphatic rings. The Labute approximate surface area is 180 Å². The van der Waals surface area contributed by atoms with Gasteiger partial charge in [0.25, 0.3) is 17.7 Å². The molecule has 1 heterocycles. The molecule has 3 amide bonds. The average molecular weight is 420 g/mol. The van der Waals surface area contributed by atoms with E-state index in [9.17, 15) is 19.2 Å². The van der Waals surface area contributed by atoms with Gasteiger partial charge in [0, 0.05) is 12.2 Å². The molecule has 0 saturated carbocycles. The zero-order valence-electron chi connectivity index (χ0n) is 17.5. The molecule has 3 rings (SSSR count). The molecule has 0 N–H and O–H groups in total. The lowest BCUT2D eigenvalue weighted by molar-refractivity contribution is -0.153. The minimum absolute atomic E-state index is 0.242. The van der Waals surface area contributed by atoms with E-state index in [2.05, 4.69) is 6.58 Å². The van der Waals surface area contributed by atoms with Gasteiger partial charge in [0.2, 0.25) is 0 Å². The van der Waals surface area contributed by atoms with E-state index >= 15 is 0 Å². The highest BCUT2D eigenvalue weighted by molar-refractivity contribution is 6.22. The fourth-order valence-corrected chi connectivity index (χ4v) is 3.52. The molecule has 7 heteroatoms. The second-order valence-corrected chi connectivity index (χ2v) is 7.45. The summed E-state index contributed by atoms with van der Waals surface area (Å²) in [5, 5.41) is 0. The van der Waals surface area contributed by atoms with Crippen molar-refractivity contribution in [3.63, 3.8) is 0 Å². The maximum absolute atomic E-state index is 12.9. The molecule has 0 bridgehead atoms. The van der Waals surface area contributed by atoms with Crippen LogP contribution < -0.4 is 4.90 Å². The van der Waals surface area contributed by atoms with Gasteiger partial charge < -0.3 is 9.64 Å². The Morgan fingerprint density at radius 2 is 1.55 bits per heavy atom. The van der Waals surface area contributed by atoms with Gasteiger partial charge in [-0.3, -0.25) is 19.3 Å². The van der Waals surface area contributed by atoms with E-state index in [1.54, 1.807) is 68.5 Å². The molecule has 1 aliphatic heterocycles. The summed E-state index contributed by atoms with van der Waals surface area (Å²) >= 11 is 0. The summed E-state index contributed by atoms with van der Waals surface area (Å²) in [5.74, 6) is -2.72. The first kappa shape index (κ1) is 22.0. The summed E-state index contributed by atoms with van der Waals surface area (Å²) < 4.78 is 5.27. The van der Waals surface area contributed by atoms with Gasteiger partial charge in [0.15, 0.2) is 6.61 Å². The number of ether oxygens (including phenoxy) is 1. The predicted molar refractivity (Wildman–Crippen MR) is 116 cm³/mol. The number of benzene rings is 2. The minimum Gasteiger partial charge on any atom is -0.454 e. The number of imide groups is 1. The van der Waals surface area contributed by atoms with Crippen molar-refractivity contribution < 1.29 is 23.9 Å². The lowest BCUT2D eigenvalue weighted by atomic mass is 10.0. The van der Waals surface area contributed by atoms with Crippen LogP contribution >= 0.6 is 0 Å². The van der Waals surface area contributed by atoms with Crippen molar-refractivity contribution in [1.29, 1.82) is 0 Å². The van der Waals surface area contributed by atoms with Crippen LogP contribution in [0, 0.1) is 5.92 Å². The number of carbonyl (C=O) groups excluding carboxylic acids is 4. The molecule has 2 aromatic rings. The molecule has 0 unspecified atom stereocenters. The Hall–Kier alpha value is -3.74. The lowest BCUT2D eigenvalue weighted by Gasteiger charge is -2.28. The Morgan fingerprint density at radius 3 is 2.06 bits per heavy atom. The van der Waals surface area contributed by atoms with Crippen LogP contribution in [-0.2, 0) is 14.3 Å². The summed E-state index contributed by atoms with van der Waals surface area (Å²) in [6, 6.07) is 14.2. The molecule has 0 radical (unpaired) electrons. The molecule has 0 spiro atoms. The van der Waals surface area contributed by atoms with Crippen LogP contribution in [0.15, 0.2) is 67.3 Å². The number of nitrogens with zero attached hydrogens (tertiary/aromatic N) is 2. The van der Waals surface area contributed by atoms with Crippen molar-refractivity contribution in [1.82, 2.24) is 4.90 Å². The summed E-state index contributed by atoms with van der Waals surface area (Å²) in [7, 11) is 0. The van der Waals surface area contributed by atoms with Gasteiger partial charge >= 0.3 is 5.97 Å².